The topological polar surface area (TPSA) is 27.1 Å². The van der Waals surface area contributed by atoms with Crippen molar-refractivity contribution in [1.29, 1.82) is 5.41 Å². The number of nitrogens with zero attached hydrogens (tertiary/aromatic N) is 1. The Morgan fingerprint density at radius 1 is 1.24 bits per heavy atom. The lowest BCUT2D eigenvalue weighted by Gasteiger charge is -2.25. The van der Waals surface area contributed by atoms with Crippen molar-refractivity contribution in [2.24, 2.45) is 0 Å². The molecule has 0 saturated carbocycles. The summed E-state index contributed by atoms with van der Waals surface area (Å²) in [6.45, 7) is 0.948. The Kier molecular flexibility index (Phi) is 4.54. The van der Waals surface area contributed by atoms with Crippen LogP contribution < -0.4 is 0 Å². The standard InChI is InChI=1S/C12H15F3N2/c1-2-8-17(9-12(13,14)15)11(16)10-6-4-3-5-7-10/h3-7,16H,2,8-9H2,1H3. The van der Waals surface area contributed by atoms with Crippen LogP contribution in [-0.2, 0) is 0 Å². The maximum Gasteiger partial charge on any atom is 0.405 e. The Morgan fingerprint density at radius 2 is 1.82 bits per heavy atom. The van der Waals surface area contributed by atoms with Gasteiger partial charge in [0.25, 0.3) is 0 Å². The van der Waals surface area contributed by atoms with Gasteiger partial charge >= 0.3 is 6.18 Å². The van der Waals surface area contributed by atoms with Crippen molar-refractivity contribution in [2.45, 2.75) is 19.5 Å². The molecular weight excluding hydrogens is 229 g/mol. The van der Waals surface area contributed by atoms with E-state index in [9.17, 15) is 13.2 Å². The van der Waals surface area contributed by atoms with Gasteiger partial charge in [-0.1, -0.05) is 37.3 Å². The number of halogens is 3. The third kappa shape index (κ3) is 4.46. The van der Waals surface area contributed by atoms with Gasteiger partial charge in [0.2, 0.25) is 0 Å². The van der Waals surface area contributed by atoms with Gasteiger partial charge in [-0.3, -0.25) is 5.41 Å². The molecule has 0 saturated heterocycles. The van der Waals surface area contributed by atoms with Crippen LogP contribution in [0.15, 0.2) is 30.3 Å². The van der Waals surface area contributed by atoms with Crippen LogP contribution in [0.5, 0.6) is 0 Å². The highest BCUT2D eigenvalue weighted by atomic mass is 19.4. The van der Waals surface area contributed by atoms with Gasteiger partial charge in [-0.15, -0.1) is 0 Å². The highest BCUT2D eigenvalue weighted by Crippen LogP contribution is 2.18. The molecule has 1 aromatic rings. The van der Waals surface area contributed by atoms with Gasteiger partial charge in [0, 0.05) is 12.1 Å². The minimum Gasteiger partial charge on any atom is -0.348 e. The predicted octanol–water partition coefficient (Wildman–Crippen LogP) is 3.29. The summed E-state index contributed by atoms with van der Waals surface area (Å²) in [4.78, 5) is 1.05. The van der Waals surface area contributed by atoms with Crippen LogP contribution in [0.2, 0.25) is 0 Å². The normalized spacial score (nSPS) is 11.3. The van der Waals surface area contributed by atoms with Gasteiger partial charge in [-0.05, 0) is 6.42 Å². The highest BCUT2D eigenvalue weighted by Gasteiger charge is 2.31. The van der Waals surface area contributed by atoms with Crippen LogP contribution in [0.3, 0.4) is 0 Å². The van der Waals surface area contributed by atoms with Gasteiger partial charge in [-0.25, -0.2) is 0 Å². The summed E-state index contributed by atoms with van der Waals surface area (Å²) >= 11 is 0. The maximum atomic E-state index is 12.4. The molecule has 0 heterocycles. The number of nitrogens with one attached hydrogen (secondary N) is 1. The van der Waals surface area contributed by atoms with Crippen molar-refractivity contribution in [3.63, 3.8) is 0 Å². The summed E-state index contributed by atoms with van der Waals surface area (Å²) in [5.41, 5.74) is 0.505. The first-order valence-electron chi connectivity index (χ1n) is 5.39. The van der Waals surface area contributed by atoms with E-state index in [2.05, 4.69) is 0 Å². The largest absolute Gasteiger partial charge is 0.405 e. The van der Waals surface area contributed by atoms with E-state index in [1.165, 1.54) is 0 Å². The molecule has 0 bridgehead atoms. The van der Waals surface area contributed by atoms with Gasteiger partial charge in [-0.2, -0.15) is 13.2 Å². The number of alkyl halides is 3. The van der Waals surface area contributed by atoms with E-state index in [1.807, 2.05) is 0 Å². The van der Waals surface area contributed by atoms with Crippen molar-refractivity contribution < 1.29 is 13.2 Å². The number of benzene rings is 1. The first-order chi connectivity index (χ1) is 7.94. The summed E-state index contributed by atoms with van der Waals surface area (Å²) in [6, 6.07) is 8.47. The van der Waals surface area contributed by atoms with E-state index >= 15 is 0 Å². The van der Waals surface area contributed by atoms with Crippen LogP contribution in [0, 0.1) is 5.41 Å². The average molecular weight is 244 g/mol. The lowest BCUT2D eigenvalue weighted by molar-refractivity contribution is -0.137. The zero-order chi connectivity index (χ0) is 12.9. The fourth-order valence-electron chi connectivity index (χ4n) is 1.53. The second-order valence-electron chi connectivity index (χ2n) is 3.75. The fraction of sp³-hybridized carbons (Fsp3) is 0.417. The summed E-state index contributed by atoms with van der Waals surface area (Å²) in [7, 11) is 0. The number of rotatable bonds is 4. The second-order valence-corrected chi connectivity index (χ2v) is 3.75. The molecule has 0 unspecified atom stereocenters. The summed E-state index contributed by atoms with van der Waals surface area (Å²) < 4.78 is 37.1. The molecule has 0 aliphatic carbocycles. The Hall–Kier alpha value is -1.52. The van der Waals surface area contributed by atoms with E-state index in [1.54, 1.807) is 37.3 Å². The second kappa shape index (κ2) is 5.70. The van der Waals surface area contributed by atoms with Crippen LogP contribution in [0.1, 0.15) is 18.9 Å². The number of hydrogen-bond acceptors (Lipinski definition) is 1. The van der Waals surface area contributed by atoms with E-state index in [4.69, 9.17) is 5.41 Å². The average Bonchev–Trinajstić information content (AvgIpc) is 2.27. The minimum atomic E-state index is -4.28. The number of hydrogen-bond donors (Lipinski definition) is 1. The molecule has 17 heavy (non-hydrogen) atoms. The van der Waals surface area contributed by atoms with Crippen LogP contribution in [0.4, 0.5) is 13.2 Å². The Balaban J connectivity index is 2.81. The molecular formula is C12H15F3N2. The summed E-state index contributed by atoms with van der Waals surface area (Å²) in [5.74, 6) is -0.0789. The monoisotopic (exact) mass is 244 g/mol. The maximum absolute atomic E-state index is 12.4. The van der Waals surface area contributed by atoms with Crippen molar-refractivity contribution in [1.82, 2.24) is 4.90 Å². The van der Waals surface area contributed by atoms with Crippen molar-refractivity contribution in [3.05, 3.63) is 35.9 Å². The Labute approximate surface area is 98.6 Å². The van der Waals surface area contributed by atoms with Gasteiger partial charge in [0.1, 0.15) is 12.4 Å². The Bertz CT molecular complexity index is 360. The first-order valence-corrected chi connectivity index (χ1v) is 5.39. The van der Waals surface area contributed by atoms with Gasteiger partial charge in [0.05, 0.1) is 0 Å². The van der Waals surface area contributed by atoms with Gasteiger partial charge < -0.3 is 4.90 Å². The molecule has 0 aliphatic heterocycles. The molecule has 0 atom stereocenters. The smallest absolute Gasteiger partial charge is 0.348 e. The third-order valence-electron chi connectivity index (χ3n) is 2.23. The highest BCUT2D eigenvalue weighted by molar-refractivity contribution is 5.96. The van der Waals surface area contributed by atoms with Crippen LogP contribution in [0.25, 0.3) is 0 Å². The van der Waals surface area contributed by atoms with Crippen molar-refractivity contribution in [2.75, 3.05) is 13.1 Å². The van der Waals surface area contributed by atoms with Crippen LogP contribution >= 0.6 is 0 Å². The molecule has 1 aromatic carbocycles. The summed E-state index contributed by atoms with van der Waals surface area (Å²) in [6.07, 6.45) is -3.71. The molecule has 1 rings (SSSR count). The third-order valence-corrected chi connectivity index (χ3v) is 2.23. The van der Waals surface area contributed by atoms with Crippen molar-refractivity contribution >= 4 is 5.84 Å². The van der Waals surface area contributed by atoms with E-state index < -0.39 is 12.7 Å². The van der Waals surface area contributed by atoms with Crippen LogP contribution in [-0.4, -0.2) is 30.0 Å². The predicted molar refractivity (Wildman–Crippen MR) is 61.2 cm³/mol. The first kappa shape index (κ1) is 13.5. The molecule has 0 amide bonds. The minimum absolute atomic E-state index is 0.0789. The lowest BCUT2D eigenvalue weighted by Crippen LogP contribution is -2.39. The number of amidine groups is 1. The molecule has 2 nitrogen and oxygen atoms in total. The van der Waals surface area contributed by atoms with E-state index in [0.717, 1.165) is 4.90 Å². The molecule has 0 spiro atoms. The van der Waals surface area contributed by atoms with Crippen molar-refractivity contribution in [3.8, 4) is 0 Å². The molecule has 0 radical (unpaired) electrons. The fourth-order valence-corrected chi connectivity index (χ4v) is 1.53. The Morgan fingerprint density at radius 3 is 2.29 bits per heavy atom. The molecule has 0 aliphatic rings. The SMILES string of the molecule is CCCN(CC(F)(F)F)C(=N)c1ccccc1. The van der Waals surface area contributed by atoms with Gasteiger partial charge in [0.15, 0.2) is 0 Å². The molecule has 0 fully saturated rings. The molecule has 0 aromatic heterocycles. The zero-order valence-corrected chi connectivity index (χ0v) is 9.59. The molecule has 5 heteroatoms. The van der Waals surface area contributed by atoms with E-state index in [-0.39, 0.29) is 12.4 Å². The molecule has 1 N–H and O–H groups in total. The quantitative estimate of drug-likeness (QED) is 0.638. The lowest BCUT2D eigenvalue weighted by atomic mass is 10.2. The molecule has 94 valence electrons. The summed E-state index contributed by atoms with van der Waals surface area (Å²) in [5, 5.41) is 7.80. The van der Waals surface area contributed by atoms with E-state index in [0.29, 0.717) is 12.0 Å². The zero-order valence-electron chi connectivity index (χ0n) is 9.59.